The molecule has 0 saturated carbocycles. The van der Waals surface area contributed by atoms with Crippen molar-refractivity contribution in [2.24, 2.45) is 0 Å². The Bertz CT molecular complexity index is 243. The third-order valence-electron chi connectivity index (χ3n) is 1.77. The second-order valence-corrected chi connectivity index (χ2v) is 4.32. The summed E-state index contributed by atoms with van der Waals surface area (Å²) in [5, 5.41) is 0.0343. The highest BCUT2D eigenvalue weighted by atomic mass is 32.2. The second-order valence-electron chi connectivity index (χ2n) is 3.30. The number of esters is 1. The molecule has 0 radical (unpaired) electrons. The highest BCUT2D eigenvalue weighted by Gasteiger charge is 2.26. The number of carbonyl (C=O) groups is 2. The van der Waals surface area contributed by atoms with Gasteiger partial charge in [0.05, 0.1) is 30.5 Å². The molecule has 2 atom stereocenters. The van der Waals surface area contributed by atoms with Gasteiger partial charge in [-0.25, -0.2) is 0 Å². The molecule has 1 saturated heterocycles. The Morgan fingerprint density at radius 3 is 2.60 bits per heavy atom. The summed E-state index contributed by atoms with van der Waals surface area (Å²) in [6, 6.07) is 0. The van der Waals surface area contributed by atoms with Crippen molar-refractivity contribution in [1.82, 2.24) is 0 Å². The molecule has 0 aromatic rings. The van der Waals surface area contributed by atoms with Gasteiger partial charge in [0.25, 0.3) is 0 Å². The maximum atomic E-state index is 10.7. The van der Waals surface area contributed by atoms with E-state index in [1.165, 1.54) is 13.8 Å². The molecule has 0 aromatic carbocycles. The molecule has 86 valence electrons. The Morgan fingerprint density at radius 2 is 2.00 bits per heavy atom. The van der Waals surface area contributed by atoms with Gasteiger partial charge in [0.1, 0.15) is 6.10 Å². The Balaban J connectivity index is 2.28. The minimum absolute atomic E-state index is 0.0343. The van der Waals surface area contributed by atoms with Crippen molar-refractivity contribution in [3.8, 4) is 0 Å². The van der Waals surface area contributed by atoms with E-state index in [0.29, 0.717) is 19.6 Å². The first-order valence-corrected chi connectivity index (χ1v) is 5.47. The molecule has 5 nitrogen and oxygen atoms in total. The van der Waals surface area contributed by atoms with Crippen LogP contribution in [0, 0.1) is 0 Å². The van der Waals surface area contributed by atoms with E-state index in [1.807, 2.05) is 0 Å². The van der Waals surface area contributed by atoms with Crippen LogP contribution in [0.15, 0.2) is 0 Å². The number of rotatable bonds is 3. The number of hydrogen-bond donors (Lipinski definition) is 0. The SMILES string of the molecule is CC(=O)OSC1COCC(OC(C)=O)C1. The van der Waals surface area contributed by atoms with Crippen LogP contribution in [-0.2, 0) is 23.2 Å². The van der Waals surface area contributed by atoms with Crippen molar-refractivity contribution in [3.05, 3.63) is 0 Å². The lowest BCUT2D eigenvalue weighted by Crippen LogP contribution is -2.34. The van der Waals surface area contributed by atoms with Crippen molar-refractivity contribution in [1.29, 1.82) is 0 Å². The van der Waals surface area contributed by atoms with E-state index in [2.05, 4.69) is 0 Å². The standard InChI is InChI=1S/C9H14O5S/c1-6(10)13-8-3-9(5-12-4-8)15-14-7(2)11/h8-9H,3-5H2,1-2H3. The number of ether oxygens (including phenoxy) is 2. The van der Waals surface area contributed by atoms with Crippen LogP contribution in [0.2, 0.25) is 0 Å². The van der Waals surface area contributed by atoms with E-state index < -0.39 is 0 Å². The predicted octanol–water partition coefficient (Wildman–Crippen LogP) is 0.918. The molecule has 0 spiro atoms. The summed E-state index contributed by atoms with van der Waals surface area (Å²) < 4.78 is 15.0. The smallest absolute Gasteiger partial charge is 0.314 e. The van der Waals surface area contributed by atoms with Crippen LogP contribution in [0.1, 0.15) is 20.3 Å². The summed E-state index contributed by atoms with van der Waals surface area (Å²) in [6.45, 7) is 3.63. The molecule has 0 aliphatic carbocycles. The van der Waals surface area contributed by atoms with Crippen molar-refractivity contribution in [2.45, 2.75) is 31.6 Å². The minimum atomic E-state index is -0.338. The predicted molar refractivity (Wildman–Crippen MR) is 54.1 cm³/mol. The topological polar surface area (TPSA) is 61.8 Å². The number of hydrogen-bond acceptors (Lipinski definition) is 6. The van der Waals surface area contributed by atoms with Gasteiger partial charge in [0, 0.05) is 20.3 Å². The summed E-state index contributed by atoms with van der Waals surface area (Å²) in [5.41, 5.74) is 0. The second kappa shape index (κ2) is 5.97. The van der Waals surface area contributed by atoms with E-state index in [0.717, 1.165) is 12.0 Å². The van der Waals surface area contributed by atoms with Gasteiger partial charge in [0.2, 0.25) is 0 Å². The molecule has 6 heteroatoms. The summed E-state index contributed by atoms with van der Waals surface area (Å²) in [7, 11) is 0. The lowest BCUT2D eigenvalue weighted by atomic mass is 10.2. The molecule has 0 N–H and O–H groups in total. The van der Waals surface area contributed by atoms with Crippen LogP contribution in [0.25, 0.3) is 0 Å². The molecular weight excluding hydrogens is 220 g/mol. The lowest BCUT2D eigenvalue weighted by Gasteiger charge is -2.27. The molecule has 0 amide bonds. The fourth-order valence-corrected chi connectivity index (χ4v) is 2.00. The van der Waals surface area contributed by atoms with Gasteiger partial charge in [-0.15, -0.1) is 0 Å². The maximum absolute atomic E-state index is 10.7. The molecule has 1 rings (SSSR count). The Morgan fingerprint density at radius 1 is 1.27 bits per heavy atom. The van der Waals surface area contributed by atoms with E-state index in [1.54, 1.807) is 0 Å². The highest BCUT2D eigenvalue weighted by molar-refractivity contribution is 7.95. The quantitative estimate of drug-likeness (QED) is 0.534. The van der Waals surface area contributed by atoms with Crippen molar-refractivity contribution >= 4 is 24.0 Å². The summed E-state index contributed by atoms with van der Waals surface area (Å²) in [4.78, 5) is 21.3. The summed E-state index contributed by atoms with van der Waals surface area (Å²) in [6.07, 6.45) is 0.418. The van der Waals surface area contributed by atoms with Gasteiger partial charge in [-0.2, -0.15) is 0 Å². The van der Waals surface area contributed by atoms with Crippen molar-refractivity contribution in [2.75, 3.05) is 13.2 Å². The maximum Gasteiger partial charge on any atom is 0.314 e. The lowest BCUT2D eigenvalue weighted by molar-refractivity contribution is -0.152. The van der Waals surface area contributed by atoms with Crippen LogP contribution < -0.4 is 0 Å². The van der Waals surface area contributed by atoms with Crippen LogP contribution in [0.3, 0.4) is 0 Å². The third kappa shape index (κ3) is 5.03. The van der Waals surface area contributed by atoms with Gasteiger partial charge in [-0.05, 0) is 0 Å². The monoisotopic (exact) mass is 234 g/mol. The molecule has 15 heavy (non-hydrogen) atoms. The molecule has 1 fully saturated rings. The molecule has 1 aliphatic heterocycles. The fraction of sp³-hybridized carbons (Fsp3) is 0.778. The molecule has 1 heterocycles. The highest BCUT2D eigenvalue weighted by Crippen LogP contribution is 2.23. The molecular formula is C9H14O5S. The largest absolute Gasteiger partial charge is 0.460 e. The van der Waals surface area contributed by atoms with Gasteiger partial charge in [0.15, 0.2) is 0 Å². The van der Waals surface area contributed by atoms with Crippen molar-refractivity contribution in [3.63, 3.8) is 0 Å². The Hall–Kier alpha value is -0.750. The normalized spacial score (nSPS) is 25.7. The zero-order chi connectivity index (χ0) is 11.3. The average molecular weight is 234 g/mol. The summed E-state index contributed by atoms with van der Waals surface area (Å²) in [5.74, 6) is -0.656. The van der Waals surface area contributed by atoms with Gasteiger partial charge in [-0.1, -0.05) is 0 Å². The van der Waals surface area contributed by atoms with Gasteiger partial charge < -0.3 is 13.7 Å². The first-order valence-electron chi connectivity index (χ1n) is 4.66. The molecule has 0 bridgehead atoms. The Kier molecular flexibility index (Phi) is 4.90. The van der Waals surface area contributed by atoms with E-state index in [9.17, 15) is 9.59 Å². The summed E-state index contributed by atoms with van der Waals surface area (Å²) >= 11 is 1.07. The minimum Gasteiger partial charge on any atom is -0.460 e. The van der Waals surface area contributed by atoms with Crippen LogP contribution in [-0.4, -0.2) is 36.5 Å². The molecule has 2 unspecified atom stereocenters. The van der Waals surface area contributed by atoms with E-state index in [4.69, 9.17) is 13.7 Å². The van der Waals surface area contributed by atoms with Crippen LogP contribution in [0.5, 0.6) is 0 Å². The first-order chi connectivity index (χ1) is 7.08. The van der Waals surface area contributed by atoms with E-state index in [-0.39, 0.29) is 23.3 Å². The zero-order valence-corrected chi connectivity index (χ0v) is 9.54. The van der Waals surface area contributed by atoms with Crippen LogP contribution >= 0.6 is 12.0 Å². The van der Waals surface area contributed by atoms with Crippen LogP contribution in [0.4, 0.5) is 0 Å². The van der Waals surface area contributed by atoms with E-state index >= 15 is 0 Å². The molecule has 0 aromatic heterocycles. The average Bonchev–Trinajstić information content (AvgIpc) is 2.14. The fourth-order valence-electron chi connectivity index (χ4n) is 1.28. The molecule has 1 aliphatic rings. The Labute approximate surface area is 92.6 Å². The zero-order valence-electron chi connectivity index (χ0n) is 8.73. The first kappa shape index (κ1) is 12.3. The van der Waals surface area contributed by atoms with Gasteiger partial charge in [-0.3, -0.25) is 9.59 Å². The van der Waals surface area contributed by atoms with Crippen molar-refractivity contribution < 1.29 is 23.2 Å². The van der Waals surface area contributed by atoms with Gasteiger partial charge >= 0.3 is 11.9 Å². The number of carbonyl (C=O) groups excluding carboxylic acids is 2. The third-order valence-corrected chi connectivity index (χ3v) is 2.70.